The van der Waals surface area contributed by atoms with E-state index in [1.54, 1.807) is 12.1 Å². The van der Waals surface area contributed by atoms with Gasteiger partial charge in [0.2, 0.25) is 0 Å². The smallest absolute Gasteiger partial charge is 0.147 e. The zero-order chi connectivity index (χ0) is 10.7. The van der Waals surface area contributed by atoms with Gasteiger partial charge in [0.25, 0.3) is 0 Å². The lowest BCUT2D eigenvalue weighted by Gasteiger charge is -2.24. The molecular formula is C11H13ClFNO. The molecule has 0 saturated carbocycles. The van der Waals surface area contributed by atoms with Crippen LogP contribution in [0.2, 0.25) is 5.02 Å². The topological polar surface area (TPSA) is 21.3 Å². The van der Waals surface area contributed by atoms with Gasteiger partial charge in [0.15, 0.2) is 0 Å². The molecule has 1 aliphatic rings. The molecule has 0 radical (unpaired) electrons. The highest BCUT2D eigenvalue weighted by atomic mass is 35.5. The molecule has 2 rings (SSSR count). The lowest BCUT2D eigenvalue weighted by Crippen LogP contribution is -2.30. The van der Waals surface area contributed by atoms with E-state index in [0.717, 1.165) is 19.4 Å². The van der Waals surface area contributed by atoms with Crippen molar-refractivity contribution in [2.24, 2.45) is 0 Å². The molecule has 1 aromatic carbocycles. The molecule has 82 valence electrons. The molecule has 1 heterocycles. The Kier molecular flexibility index (Phi) is 3.44. The summed E-state index contributed by atoms with van der Waals surface area (Å²) in [6.45, 7) is 1.45. The quantitative estimate of drug-likeness (QED) is 0.842. The van der Waals surface area contributed by atoms with Crippen molar-refractivity contribution in [1.82, 2.24) is 0 Å². The van der Waals surface area contributed by atoms with E-state index in [2.05, 4.69) is 5.32 Å². The zero-order valence-corrected chi connectivity index (χ0v) is 9.06. The number of nitrogens with one attached hydrogen (secondary N) is 1. The van der Waals surface area contributed by atoms with Gasteiger partial charge in [-0.25, -0.2) is 4.39 Å². The summed E-state index contributed by atoms with van der Waals surface area (Å²) in [4.78, 5) is 0. The van der Waals surface area contributed by atoms with Gasteiger partial charge in [-0.05, 0) is 31.0 Å². The average Bonchev–Trinajstić information content (AvgIpc) is 2.24. The monoisotopic (exact) mass is 229 g/mol. The van der Waals surface area contributed by atoms with Crippen molar-refractivity contribution in [3.8, 4) is 0 Å². The number of ether oxygens (including phenoxy) is 1. The van der Waals surface area contributed by atoms with Crippen molar-refractivity contribution < 1.29 is 9.13 Å². The van der Waals surface area contributed by atoms with E-state index < -0.39 is 0 Å². The Hall–Kier alpha value is -0.800. The van der Waals surface area contributed by atoms with E-state index in [-0.39, 0.29) is 11.9 Å². The third-order valence-corrected chi connectivity index (χ3v) is 2.69. The van der Waals surface area contributed by atoms with E-state index in [0.29, 0.717) is 17.3 Å². The van der Waals surface area contributed by atoms with Crippen LogP contribution in [0.3, 0.4) is 0 Å². The van der Waals surface area contributed by atoms with Gasteiger partial charge in [0.1, 0.15) is 5.82 Å². The first-order chi connectivity index (χ1) is 7.25. The normalized spacial score (nSPS) is 21.3. The zero-order valence-electron chi connectivity index (χ0n) is 8.30. The fourth-order valence-electron chi connectivity index (χ4n) is 1.68. The summed E-state index contributed by atoms with van der Waals surface area (Å²) in [6, 6.07) is 4.85. The number of rotatable bonds is 2. The Bertz CT molecular complexity index is 339. The van der Waals surface area contributed by atoms with E-state index in [9.17, 15) is 4.39 Å². The minimum atomic E-state index is -0.312. The van der Waals surface area contributed by atoms with Crippen LogP contribution in [0.1, 0.15) is 12.8 Å². The molecule has 0 spiro atoms. The van der Waals surface area contributed by atoms with Crippen LogP contribution in [0.15, 0.2) is 18.2 Å². The Labute approximate surface area is 93.4 Å². The first-order valence-corrected chi connectivity index (χ1v) is 5.43. The highest BCUT2D eigenvalue weighted by Gasteiger charge is 2.14. The van der Waals surface area contributed by atoms with Crippen LogP contribution in [0.5, 0.6) is 0 Å². The molecule has 1 aliphatic heterocycles. The molecule has 0 bridgehead atoms. The third-order valence-electron chi connectivity index (χ3n) is 2.45. The lowest BCUT2D eigenvalue weighted by atomic mass is 10.1. The molecule has 1 aromatic rings. The summed E-state index contributed by atoms with van der Waals surface area (Å²) in [5.74, 6) is -0.312. The number of hydrogen-bond donors (Lipinski definition) is 1. The third kappa shape index (κ3) is 2.83. The second-order valence-corrected chi connectivity index (χ2v) is 4.12. The summed E-state index contributed by atoms with van der Waals surface area (Å²) in [5.41, 5.74) is 0.495. The van der Waals surface area contributed by atoms with Crippen molar-refractivity contribution in [3.05, 3.63) is 29.0 Å². The maximum absolute atomic E-state index is 13.4. The standard InChI is InChI=1S/C11H13ClFNO/c12-8-3-4-11(10(13)6-8)14-9-2-1-5-15-7-9/h3-4,6,9,14H,1-2,5,7H2. The molecule has 1 N–H and O–H groups in total. The minimum Gasteiger partial charge on any atom is -0.379 e. The molecule has 15 heavy (non-hydrogen) atoms. The lowest BCUT2D eigenvalue weighted by molar-refractivity contribution is 0.0875. The number of halogens is 2. The molecule has 1 fully saturated rings. The van der Waals surface area contributed by atoms with Crippen molar-refractivity contribution in [1.29, 1.82) is 0 Å². The van der Waals surface area contributed by atoms with Crippen molar-refractivity contribution in [2.75, 3.05) is 18.5 Å². The number of benzene rings is 1. The second kappa shape index (κ2) is 4.81. The highest BCUT2D eigenvalue weighted by molar-refractivity contribution is 6.30. The van der Waals surface area contributed by atoms with Crippen molar-refractivity contribution in [2.45, 2.75) is 18.9 Å². The Morgan fingerprint density at radius 1 is 1.47 bits per heavy atom. The maximum Gasteiger partial charge on any atom is 0.147 e. The van der Waals surface area contributed by atoms with Gasteiger partial charge in [0, 0.05) is 17.7 Å². The van der Waals surface area contributed by atoms with Crippen LogP contribution in [0.4, 0.5) is 10.1 Å². The van der Waals surface area contributed by atoms with Gasteiger partial charge < -0.3 is 10.1 Å². The summed E-state index contributed by atoms with van der Waals surface area (Å²) in [7, 11) is 0. The van der Waals surface area contributed by atoms with Crippen LogP contribution in [0, 0.1) is 5.82 Å². The average molecular weight is 230 g/mol. The van der Waals surface area contributed by atoms with Gasteiger partial charge in [-0.15, -0.1) is 0 Å². The largest absolute Gasteiger partial charge is 0.379 e. The van der Waals surface area contributed by atoms with E-state index in [1.807, 2.05) is 0 Å². The Morgan fingerprint density at radius 3 is 3.00 bits per heavy atom. The molecule has 1 unspecified atom stereocenters. The van der Waals surface area contributed by atoms with Gasteiger partial charge in [-0.3, -0.25) is 0 Å². The Morgan fingerprint density at radius 2 is 2.33 bits per heavy atom. The highest BCUT2D eigenvalue weighted by Crippen LogP contribution is 2.21. The summed E-state index contributed by atoms with van der Waals surface area (Å²) in [6.07, 6.45) is 2.04. The van der Waals surface area contributed by atoms with Crippen LogP contribution in [-0.2, 0) is 4.74 Å². The summed E-state index contributed by atoms with van der Waals surface area (Å²) >= 11 is 5.67. The Balaban J connectivity index is 2.03. The second-order valence-electron chi connectivity index (χ2n) is 3.68. The molecule has 4 heteroatoms. The SMILES string of the molecule is Fc1cc(Cl)ccc1NC1CCCOC1. The van der Waals surface area contributed by atoms with Crippen molar-refractivity contribution >= 4 is 17.3 Å². The van der Waals surface area contributed by atoms with Crippen molar-refractivity contribution in [3.63, 3.8) is 0 Å². The first kappa shape index (κ1) is 10.7. The fraction of sp³-hybridized carbons (Fsp3) is 0.455. The molecule has 2 nitrogen and oxygen atoms in total. The molecule has 1 saturated heterocycles. The van der Waals surface area contributed by atoms with Crippen LogP contribution >= 0.6 is 11.6 Å². The molecule has 1 atom stereocenters. The number of hydrogen-bond acceptors (Lipinski definition) is 2. The molecule has 0 amide bonds. The first-order valence-electron chi connectivity index (χ1n) is 5.05. The molecule has 0 aliphatic carbocycles. The fourth-order valence-corrected chi connectivity index (χ4v) is 1.84. The molecular weight excluding hydrogens is 217 g/mol. The van der Waals surface area contributed by atoms with E-state index >= 15 is 0 Å². The van der Waals surface area contributed by atoms with Gasteiger partial charge in [-0.2, -0.15) is 0 Å². The summed E-state index contributed by atoms with van der Waals surface area (Å²) in [5, 5.41) is 3.53. The van der Waals surface area contributed by atoms with Crippen LogP contribution in [0.25, 0.3) is 0 Å². The predicted molar refractivity (Wildman–Crippen MR) is 58.9 cm³/mol. The van der Waals surface area contributed by atoms with Crippen LogP contribution < -0.4 is 5.32 Å². The molecule has 0 aromatic heterocycles. The van der Waals surface area contributed by atoms with Gasteiger partial charge >= 0.3 is 0 Å². The van der Waals surface area contributed by atoms with Gasteiger partial charge in [0.05, 0.1) is 12.3 Å². The van der Waals surface area contributed by atoms with E-state index in [1.165, 1.54) is 6.07 Å². The summed E-state index contributed by atoms with van der Waals surface area (Å²) < 4.78 is 18.7. The predicted octanol–water partition coefficient (Wildman–Crippen LogP) is 3.07. The maximum atomic E-state index is 13.4. The van der Waals surface area contributed by atoms with Crippen LogP contribution in [-0.4, -0.2) is 19.3 Å². The number of anilines is 1. The van der Waals surface area contributed by atoms with E-state index in [4.69, 9.17) is 16.3 Å². The minimum absolute atomic E-state index is 0.203. The van der Waals surface area contributed by atoms with Gasteiger partial charge in [-0.1, -0.05) is 11.6 Å².